The molecule has 3 rings (SSSR count). The number of nitrogens with one attached hydrogen (secondary N) is 1. The minimum absolute atomic E-state index is 0.314. The van der Waals surface area contributed by atoms with Gasteiger partial charge in [0.1, 0.15) is 5.75 Å². The van der Waals surface area contributed by atoms with Crippen LogP contribution in [-0.4, -0.2) is 22.3 Å². The van der Waals surface area contributed by atoms with Gasteiger partial charge in [-0.1, -0.05) is 6.92 Å². The Hall–Kier alpha value is -1.55. The number of rotatable bonds is 3. The van der Waals surface area contributed by atoms with Crippen molar-refractivity contribution in [2.75, 3.05) is 0 Å². The Bertz CT molecular complexity index is 556. The molecule has 19 heavy (non-hydrogen) atoms. The lowest BCUT2D eigenvalue weighted by Gasteiger charge is -2.27. The topological polar surface area (TPSA) is 63.9 Å². The van der Waals surface area contributed by atoms with Gasteiger partial charge in [0.05, 0.1) is 17.8 Å². The van der Waals surface area contributed by atoms with E-state index in [2.05, 4.69) is 23.2 Å². The number of aromatic nitrogens is 2. The largest absolute Gasteiger partial charge is 0.490 e. The lowest BCUT2D eigenvalue weighted by atomic mass is 9.93. The molecular weight excluding hydrogens is 238 g/mol. The summed E-state index contributed by atoms with van der Waals surface area (Å²) < 4.78 is 6.21. The predicted octanol–water partition coefficient (Wildman–Crippen LogP) is 2.77. The third-order valence-electron chi connectivity index (χ3n) is 4.06. The van der Waals surface area contributed by atoms with Crippen LogP contribution in [0.5, 0.6) is 5.75 Å². The number of fused-ring (bicyclic) bond motifs is 1. The highest BCUT2D eigenvalue weighted by Crippen LogP contribution is 2.30. The van der Waals surface area contributed by atoms with Crippen LogP contribution < -0.4 is 10.5 Å². The summed E-state index contributed by atoms with van der Waals surface area (Å²) in [5.74, 6) is 1.01. The fraction of sp³-hybridized carbons (Fsp3) is 0.533. The summed E-state index contributed by atoms with van der Waals surface area (Å²) in [6.45, 7) is 2.16. The molecule has 0 radical (unpaired) electrons. The molecule has 0 bridgehead atoms. The first-order valence-electron chi connectivity index (χ1n) is 7.15. The summed E-state index contributed by atoms with van der Waals surface area (Å²) >= 11 is 0. The molecule has 0 amide bonds. The Morgan fingerprint density at radius 3 is 2.84 bits per heavy atom. The molecular formula is C15H21N3O. The summed E-state index contributed by atoms with van der Waals surface area (Å²) in [4.78, 5) is 0. The van der Waals surface area contributed by atoms with E-state index in [-0.39, 0.29) is 0 Å². The van der Waals surface area contributed by atoms with Crippen molar-refractivity contribution in [2.45, 2.75) is 51.2 Å². The summed E-state index contributed by atoms with van der Waals surface area (Å²) in [6, 6.07) is 4.47. The highest BCUT2D eigenvalue weighted by molar-refractivity contribution is 5.84. The van der Waals surface area contributed by atoms with Crippen LogP contribution in [0, 0.1) is 0 Å². The molecule has 0 spiro atoms. The van der Waals surface area contributed by atoms with Gasteiger partial charge >= 0.3 is 0 Å². The van der Waals surface area contributed by atoms with Crippen molar-refractivity contribution >= 4 is 10.9 Å². The molecule has 4 nitrogen and oxygen atoms in total. The first kappa shape index (κ1) is 12.5. The van der Waals surface area contributed by atoms with Gasteiger partial charge in [0.2, 0.25) is 0 Å². The number of benzene rings is 1. The van der Waals surface area contributed by atoms with Crippen molar-refractivity contribution < 1.29 is 4.74 Å². The van der Waals surface area contributed by atoms with Crippen LogP contribution in [0.2, 0.25) is 0 Å². The number of aryl methyl sites for hydroxylation is 1. The molecule has 102 valence electrons. The lowest BCUT2D eigenvalue weighted by molar-refractivity contribution is 0.146. The van der Waals surface area contributed by atoms with Gasteiger partial charge in [-0.15, -0.1) is 0 Å². The summed E-state index contributed by atoms with van der Waals surface area (Å²) in [5.41, 5.74) is 8.27. The maximum absolute atomic E-state index is 6.21. The quantitative estimate of drug-likeness (QED) is 0.890. The van der Waals surface area contributed by atoms with Gasteiger partial charge in [0, 0.05) is 17.0 Å². The van der Waals surface area contributed by atoms with Gasteiger partial charge in [-0.3, -0.25) is 5.10 Å². The van der Waals surface area contributed by atoms with E-state index in [0.717, 1.165) is 43.4 Å². The number of hydrogen-bond donors (Lipinski definition) is 2. The average molecular weight is 259 g/mol. The van der Waals surface area contributed by atoms with Gasteiger partial charge in [0.15, 0.2) is 0 Å². The molecule has 0 unspecified atom stereocenters. The highest BCUT2D eigenvalue weighted by atomic mass is 16.5. The zero-order valence-corrected chi connectivity index (χ0v) is 11.4. The second-order valence-corrected chi connectivity index (χ2v) is 5.38. The number of hydrogen-bond acceptors (Lipinski definition) is 3. The van der Waals surface area contributed by atoms with Crippen LogP contribution in [0.25, 0.3) is 10.9 Å². The number of H-pyrrole nitrogens is 1. The fourth-order valence-electron chi connectivity index (χ4n) is 2.92. The van der Waals surface area contributed by atoms with E-state index in [9.17, 15) is 0 Å². The van der Waals surface area contributed by atoms with Crippen LogP contribution in [0.15, 0.2) is 18.3 Å². The van der Waals surface area contributed by atoms with Crippen molar-refractivity contribution in [1.29, 1.82) is 0 Å². The third-order valence-corrected chi connectivity index (χ3v) is 4.06. The molecule has 3 N–H and O–H groups in total. The van der Waals surface area contributed by atoms with E-state index in [1.165, 1.54) is 10.9 Å². The second kappa shape index (κ2) is 5.21. The molecule has 0 saturated heterocycles. The van der Waals surface area contributed by atoms with Crippen molar-refractivity contribution in [1.82, 2.24) is 10.2 Å². The Kier molecular flexibility index (Phi) is 3.42. The number of nitrogens with zero attached hydrogens (tertiary/aromatic N) is 1. The van der Waals surface area contributed by atoms with Gasteiger partial charge < -0.3 is 10.5 Å². The molecule has 1 aliphatic carbocycles. The average Bonchev–Trinajstić information content (AvgIpc) is 2.89. The number of ether oxygens (including phenoxy) is 1. The predicted molar refractivity (Wildman–Crippen MR) is 76.3 cm³/mol. The van der Waals surface area contributed by atoms with Gasteiger partial charge in [-0.2, -0.15) is 5.10 Å². The van der Waals surface area contributed by atoms with Crippen LogP contribution >= 0.6 is 0 Å². The molecule has 0 aliphatic heterocycles. The van der Waals surface area contributed by atoms with E-state index in [4.69, 9.17) is 10.5 Å². The molecule has 1 aromatic heterocycles. The van der Waals surface area contributed by atoms with Crippen molar-refractivity contribution in [3.63, 3.8) is 0 Å². The van der Waals surface area contributed by atoms with Crippen LogP contribution in [0.1, 0.15) is 38.2 Å². The molecule has 1 heterocycles. The van der Waals surface area contributed by atoms with Gasteiger partial charge in [-0.25, -0.2) is 0 Å². The Morgan fingerprint density at radius 1 is 1.32 bits per heavy atom. The molecule has 1 aromatic carbocycles. The standard InChI is InChI=1S/C15H21N3O/c1-2-12-13-9-17-18-14(13)7-8-15(12)19-11-5-3-10(16)4-6-11/h7-11H,2-6,16H2,1H3,(H,17,18)/t10-,11-. The van der Waals surface area contributed by atoms with Gasteiger partial charge in [-0.05, 0) is 44.2 Å². The van der Waals surface area contributed by atoms with Crippen molar-refractivity contribution in [2.24, 2.45) is 5.73 Å². The van der Waals surface area contributed by atoms with E-state index >= 15 is 0 Å². The third kappa shape index (κ3) is 2.45. The molecule has 2 aromatic rings. The Balaban J connectivity index is 1.84. The molecule has 0 atom stereocenters. The summed E-state index contributed by atoms with van der Waals surface area (Å²) in [7, 11) is 0. The van der Waals surface area contributed by atoms with Crippen molar-refractivity contribution in [3.8, 4) is 5.75 Å². The minimum atomic E-state index is 0.314. The second-order valence-electron chi connectivity index (χ2n) is 5.38. The fourth-order valence-corrected chi connectivity index (χ4v) is 2.92. The molecule has 4 heteroatoms. The SMILES string of the molecule is CCc1c(O[C@H]2CC[C@H](N)CC2)ccc2[nH]ncc12. The maximum atomic E-state index is 6.21. The van der Waals surface area contributed by atoms with Crippen LogP contribution in [-0.2, 0) is 6.42 Å². The first-order chi connectivity index (χ1) is 9.28. The zero-order valence-electron chi connectivity index (χ0n) is 11.4. The first-order valence-corrected chi connectivity index (χ1v) is 7.15. The van der Waals surface area contributed by atoms with Crippen LogP contribution in [0.4, 0.5) is 0 Å². The molecule has 1 fully saturated rings. The minimum Gasteiger partial charge on any atom is -0.490 e. The lowest BCUT2D eigenvalue weighted by Crippen LogP contribution is -2.31. The Labute approximate surface area is 113 Å². The molecule has 1 saturated carbocycles. The van der Waals surface area contributed by atoms with Crippen LogP contribution in [0.3, 0.4) is 0 Å². The van der Waals surface area contributed by atoms with Gasteiger partial charge in [0.25, 0.3) is 0 Å². The Morgan fingerprint density at radius 2 is 2.11 bits per heavy atom. The van der Waals surface area contributed by atoms with E-state index in [0.29, 0.717) is 12.1 Å². The monoisotopic (exact) mass is 259 g/mol. The smallest absolute Gasteiger partial charge is 0.123 e. The maximum Gasteiger partial charge on any atom is 0.123 e. The number of nitrogens with two attached hydrogens (primary N) is 1. The summed E-state index contributed by atoms with van der Waals surface area (Å²) in [5, 5.41) is 8.29. The highest BCUT2D eigenvalue weighted by Gasteiger charge is 2.21. The molecule has 1 aliphatic rings. The normalized spacial score (nSPS) is 23.7. The van der Waals surface area contributed by atoms with E-state index in [1.807, 2.05) is 12.3 Å². The summed E-state index contributed by atoms with van der Waals surface area (Å²) in [6.07, 6.45) is 7.42. The van der Waals surface area contributed by atoms with E-state index in [1.54, 1.807) is 0 Å². The number of aromatic amines is 1. The zero-order chi connectivity index (χ0) is 13.2. The van der Waals surface area contributed by atoms with E-state index < -0.39 is 0 Å². The van der Waals surface area contributed by atoms with Crippen molar-refractivity contribution in [3.05, 3.63) is 23.9 Å².